The molecule has 1 atom stereocenters. The summed E-state index contributed by atoms with van der Waals surface area (Å²) in [6.45, 7) is 13.8. The topological polar surface area (TPSA) is 0 Å². The molecule has 0 aliphatic rings. The van der Waals surface area contributed by atoms with E-state index in [0.717, 1.165) is 5.92 Å². The van der Waals surface area contributed by atoms with Crippen LogP contribution in [0.5, 0.6) is 0 Å². The summed E-state index contributed by atoms with van der Waals surface area (Å²) in [6, 6.07) is 0. The van der Waals surface area contributed by atoms with Crippen molar-refractivity contribution in [3.8, 4) is 0 Å². The molecule has 0 aromatic heterocycles. The van der Waals surface area contributed by atoms with Crippen LogP contribution < -0.4 is 0 Å². The van der Waals surface area contributed by atoms with Crippen LogP contribution in [0.15, 0.2) is 11.6 Å². The number of hydrogen-bond acceptors (Lipinski definition) is 0. The Bertz CT molecular complexity index is 163. The maximum atomic E-state index is 2.46. The van der Waals surface area contributed by atoms with Crippen LogP contribution in [-0.2, 0) is 0 Å². The smallest absolute Gasteiger partial charge is 0.0229 e. The Morgan fingerprint density at radius 1 is 1.07 bits per heavy atom. The Balaban J connectivity index is 4.34. The molecule has 14 heavy (non-hydrogen) atoms. The van der Waals surface area contributed by atoms with E-state index in [0.29, 0.717) is 11.8 Å². The molecular formula is C14H28. The summed E-state index contributed by atoms with van der Waals surface area (Å²) < 4.78 is 0. The first-order valence-corrected chi connectivity index (χ1v) is 6.20. The Morgan fingerprint density at radius 2 is 1.64 bits per heavy atom. The first-order valence-electron chi connectivity index (χ1n) is 6.20. The average Bonchev–Trinajstić information content (AvgIpc) is 2.09. The lowest BCUT2D eigenvalue weighted by Gasteiger charge is -2.20. The van der Waals surface area contributed by atoms with Crippen molar-refractivity contribution in [1.82, 2.24) is 0 Å². The van der Waals surface area contributed by atoms with Crippen LogP contribution >= 0.6 is 0 Å². The largest absolute Gasteiger partial charge is 0.0822 e. The average molecular weight is 196 g/mol. The normalized spacial score (nSPS) is 15.3. The van der Waals surface area contributed by atoms with Gasteiger partial charge in [0.15, 0.2) is 0 Å². The van der Waals surface area contributed by atoms with E-state index in [1.165, 1.54) is 19.3 Å². The molecule has 84 valence electrons. The molecule has 0 N–H and O–H groups in total. The van der Waals surface area contributed by atoms with Crippen molar-refractivity contribution >= 4 is 0 Å². The molecule has 0 radical (unpaired) electrons. The number of hydrogen-bond donors (Lipinski definition) is 0. The molecule has 0 saturated heterocycles. The minimum atomic E-state index is 0.691. The van der Waals surface area contributed by atoms with Crippen molar-refractivity contribution in [2.75, 3.05) is 0 Å². The molecule has 0 nitrogen and oxygen atoms in total. The number of allylic oxidation sites excluding steroid dienone is 2. The molecule has 0 aliphatic carbocycles. The lowest BCUT2D eigenvalue weighted by atomic mass is 9.86. The molecule has 0 heteroatoms. The predicted molar refractivity (Wildman–Crippen MR) is 66.4 cm³/mol. The molecule has 0 aromatic rings. The molecule has 0 aromatic carbocycles. The van der Waals surface area contributed by atoms with Crippen LogP contribution in [-0.4, -0.2) is 0 Å². The van der Waals surface area contributed by atoms with Gasteiger partial charge in [0.1, 0.15) is 0 Å². The van der Waals surface area contributed by atoms with Gasteiger partial charge < -0.3 is 0 Å². The summed E-state index contributed by atoms with van der Waals surface area (Å²) in [5.41, 5.74) is 1.66. The molecule has 0 rings (SSSR count). The van der Waals surface area contributed by atoms with Crippen molar-refractivity contribution in [2.45, 2.75) is 60.8 Å². The van der Waals surface area contributed by atoms with E-state index in [1.54, 1.807) is 5.57 Å². The molecule has 0 fully saturated rings. The maximum absolute atomic E-state index is 2.46. The minimum Gasteiger partial charge on any atom is -0.0822 e. The standard InChI is InChI=1S/C14H28/c1-7-8-9-13(6)14(12(4)5)10-11(2)3/h10-13H,7-9H2,1-6H3. The third-order valence-electron chi connectivity index (χ3n) is 2.75. The van der Waals surface area contributed by atoms with Gasteiger partial charge in [0, 0.05) is 0 Å². The summed E-state index contributed by atoms with van der Waals surface area (Å²) in [5.74, 6) is 2.18. The highest BCUT2D eigenvalue weighted by molar-refractivity contribution is 5.09. The fraction of sp³-hybridized carbons (Fsp3) is 0.857. The fourth-order valence-corrected chi connectivity index (χ4v) is 1.99. The maximum Gasteiger partial charge on any atom is -0.0229 e. The molecule has 0 heterocycles. The molecule has 0 bridgehead atoms. The number of rotatable bonds is 6. The van der Waals surface area contributed by atoms with Crippen molar-refractivity contribution in [1.29, 1.82) is 0 Å². The van der Waals surface area contributed by atoms with Gasteiger partial charge in [0.25, 0.3) is 0 Å². The summed E-state index contributed by atoms with van der Waals surface area (Å²) in [5, 5.41) is 0. The van der Waals surface area contributed by atoms with Crippen molar-refractivity contribution in [3.63, 3.8) is 0 Å². The minimum absolute atomic E-state index is 0.691. The lowest BCUT2D eigenvalue weighted by Crippen LogP contribution is -2.07. The van der Waals surface area contributed by atoms with Crippen LogP contribution in [0.4, 0.5) is 0 Å². The van der Waals surface area contributed by atoms with Crippen LogP contribution in [0.25, 0.3) is 0 Å². The summed E-state index contributed by atoms with van der Waals surface area (Å²) in [7, 11) is 0. The van der Waals surface area contributed by atoms with E-state index in [9.17, 15) is 0 Å². The van der Waals surface area contributed by atoms with Gasteiger partial charge in [-0.2, -0.15) is 0 Å². The molecule has 0 aliphatic heterocycles. The van der Waals surface area contributed by atoms with Crippen LogP contribution in [0.3, 0.4) is 0 Å². The van der Waals surface area contributed by atoms with Gasteiger partial charge in [-0.25, -0.2) is 0 Å². The molecule has 0 spiro atoms. The third-order valence-corrected chi connectivity index (χ3v) is 2.75. The zero-order chi connectivity index (χ0) is 11.1. The highest BCUT2D eigenvalue weighted by Gasteiger charge is 2.12. The van der Waals surface area contributed by atoms with E-state index >= 15 is 0 Å². The zero-order valence-corrected chi connectivity index (χ0v) is 10.9. The van der Waals surface area contributed by atoms with Gasteiger partial charge in [0.2, 0.25) is 0 Å². The second-order valence-electron chi connectivity index (χ2n) is 5.11. The summed E-state index contributed by atoms with van der Waals surface area (Å²) in [6.07, 6.45) is 6.50. The van der Waals surface area contributed by atoms with E-state index in [4.69, 9.17) is 0 Å². The molecule has 0 amide bonds. The van der Waals surface area contributed by atoms with Gasteiger partial charge >= 0.3 is 0 Å². The van der Waals surface area contributed by atoms with Gasteiger partial charge in [-0.1, -0.05) is 66.0 Å². The second kappa shape index (κ2) is 7.09. The second-order valence-corrected chi connectivity index (χ2v) is 5.11. The van der Waals surface area contributed by atoms with Crippen molar-refractivity contribution in [2.24, 2.45) is 17.8 Å². The Kier molecular flexibility index (Phi) is 6.96. The van der Waals surface area contributed by atoms with Crippen LogP contribution in [0.1, 0.15) is 60.8 Å². The van der Waals surface area contributed by atoms with E-state index in [1.807, 2.05) is 0 Å². The highest BCUT2D eigenvalue weighted by Crippen LogP contribution is 2.25. The van der Waals surface area contributed by atoms with E-state index in [2.05, 4.69) is 47.6 Å². The van der Waals surface area contributed by atoms with Crippen LogP contribution in [0.2, 0.25) is 0 Å². The SMILES string of the molecule is CCCCC(C)C(=CC(C)C)C(C)C. The zero-order valence-electron chi connectivity index (χ0n) is 10.9. The monoisotopic (exact) mass is 196 g/mol. The third kappa shape index (κ3) is 5.47. The molecular weight excluding hydrogens is 168 g/mol. The van der Waals surface area contributed by atoms with Gasteiger partial charge in [0.05, 0.1) is 0 Å². The first kappa shape index (κ1) is 13.7. The molecule has 1 unspecified atom stereocenters. The quantitative estimate of drug-likeness (QED) is 0.521. The number of unbranched alkanes of at least 4 members (excludes halogenated alkanes) is 1. The van der Waals surface area contributed by atoms with E-state index in [-0.39, 0.29) is 0 Å². The van der Waals surface area contributed by atoms with Gasteiger partial charge in [-0.15, -0.1) is 0 Å². The Morgan fingerprint density at radius 3 is 2.00 bits per heavy atom. The predicted octanol–water partition coefficient (Wildman–Crippen LogP) is 5.05. The summed E-state index contributed by atoms with van der Waals surface area (Å²) >= 11 is 0. The van der Waals surface area contributed by atoms with E-state index < -0.39 is 0 Å². The van der Waals surface area contributed by atoms with Crippen molar-refractivity contribution < 1.29 is 0 Å². The first-order chi connectivity index (χ1) is 6.49. The Labute approximate surface area is 90.8 Å². The van der Waals surface area contributed by atoms with Crippen molar-refractivity contribution in [3.05, 3.63) is 11.6 Å². The summed E-state index contributed by atoms with van der Waals surface area (Å²) in [4.78, 5) is 0. The van der Waals surface area contributed by atoms with Gasteiger partial charge in [-0.05, 0) is 24.2 Å². The van der Waals surface area contributed by atoms with Crippen LogP contribution in [0, 0.1) is 17.8 Å². The lowest BCUT2D eigenvalue weighted by molar-refractivity contribution is 0.513. The molecule has 0 saturated carbocycles. The highest BCUT2D eigenvalue weighted by atomic mass is 14.2. The fourth-order valence-electron chi connectivity index (χ4n) is 1.99. The van der Waals surface area contributed by atoms with Gasteiger partial charge in [-0.3, -0.25) is 0 Å². The Hall–Kier alpha value is -0.260.